The van der Waals surface area contributed by atoms with Gasteiger partial charge in [-0.3, -0.25) is 4.79 Å². The summed E-state index contributed by atoms with van der Waals surface area (Å²) in [7, 11) is 1.34. The van der Waals surface area contributed by atoms with E-state index in [0.29, 0.717) is 15.4 Å². The number of nitrogens with zero attached hydrogens (tertiary/aromatic N) is 1. The molecule has 20 heavy (non-hydrogen) atoms. The number of hydrogen-bond donors (Lipinski definition) is 1. The lowest BCUT2D eigenvalue weighted by atomic mass is 10.1. The minimum Gasteiger partial charge on any atom is -0.481 e. The molecule has 1 heterocycles. The Kier molecular flexibility index (Phi) is 3.82. The van der Waals surface area contributed by atoms with Crippen molar-refractivity contribution >= 4 is 32.8 Å². The third-order valence-corrected chi connectivity index (χ3v) is 3.62. The van der Waals surface area contributed by atoms with E-state index in [9.17, 15) is 18.0 Å². The summed E-state index contributed by atoms with van der Waals surface area (Å²) in [5.41, 5.74) is -0.330. The van der Waals surface area contributed by atoms with Crippen LogP contribution in [-0.4, -0.2) is 15.6 Å². The molecule has 1 aromatic carbocycles. The van der Waals surface area contributed by atoms with E-state index in [1.54, 1.807) is 18.2 Å². The number of aryl methyl sites for hydroxylation is 2. The number of aliphatic carboxylic acids is 1. The van der Waals surface area contributed by atoms with Crippen molar-refractivity contribution in [3.8, 4) is 0 Å². The standard InChI is InChI=1S/C13H11BrF3NO2/c1-18-10-6-7(14)2-3-8(10)9(4-5-11(19)20)12(18)13(15,16)17/h2-3,6H,4-5H2,1H3,(H,19,20). The zero-order valence-corrected chi connectivity index (χ0v) is 12.0. The first-order valence-electron chi connectivity index (χ1n) is 5.77. The van der Waals surface area contributed by atoms with Crippen molar-refractivity contribution in [2.75, 3.05) is 0 Å². The second kappa shape index (κ2) is 5.12. The van der Waals surface area contributed by atoms with Gasteiger partial charge in [-0.05, 0) is 24.1 Å². The number of carbonyl (C=O) groups is 1. The molecular formula is C13H11BrF3NO2. The number of halogens is 4. The van der Waals surface area contributed by atoms with Gasteiger partial charge in [0.1, 0.15) is 5.69 Å². The number of fused-ring (bicyclic) bond motifs is 1. The fraction of sp³-hybridized carbons (Fsp3) is 0.308. The van der Waals surface area contributed by atoms with Gasteiger partial charge in [0, 0.05) is 28.8 Å². The first-order valence-corrected chi connectivity index (χ1v) is 6.57. The molecule has 0 bridgehead atoms. The van der Waals surface area contributed by atoms with Gasteiger partial charge < -0.3 is 9.67 Å². The van der Waals surface area contributed by atoms with Gasteiger partial charge in [-0.15, -0.1) is 0 Å². The summed E-state index contributed by atoms with van der Waals surface area (Å²) < 4.78 is 41.3. The van der Waals surface area contributed by atoms with E-state index in [4.69, 9.17) is 5.11 Å². The summed E-state index contributed by atoms with van der Waals surface area (Å²) in [6.45, 7) is 0. The van der Waals surface area contributed by atoms with Gasteiger partial charge in [0.15, 0.2) is 0 Å². The Balaban J connectivity index is 2.70. The zero-order chi connectivity index (χ0) is 15.1. The molecule has 1 aromatic heterocycles. The summed E-state index contributed by atoms with van der Waals surface area (Å²) in [5, 5.41) is 9.13. The van der Waals surface area contributed by atoms with Crippen LogP contribution >= 0.6 is 15.9 Å². The van der Waals surface area contributed by atoms with Crippen LogP contribution in [0.15, 0.2) is 22.7 Å². The molecule has 0 unspecified atom stereocenters. The first-order chi connectivity index (χ1) is 9.21. The van der Waals surface area contributed by atoms with Crippen LogP contribution in [0, 0.1) is 0 Å². The van der Waals surface area contributed by atoms with Crippen LogP contribution in [0.25, 0.3) is 10.9 Å². The summed E-state index contributed by atoms with van der Waals surface area (Å²) in [4.78, 5) is 10.6. The van der Waals surface area contributed by atoms with Crippen LogP contribution in [0.5, 0.6) is 0 Å². The molecule has 108 valence electrons. The predicted molar refractivity (Wildman–Crippen MR) is 71.6 cm³/mol. The number of carboxylic acids is 1. The van der Waals surface area contributed by atoms with Crippen LogP contribution < -0.4 is 0 Å². The topological polar surface area (TPSA) is 42.2 Å². The highest BCUT2D eigenvalue weighted by atomic mass is 79.9. The molecule has 0 aliphatic rings. The number of alkyl halides is 3. The summed E-state index contributed by atoms with van der Waals surface area (Å²) >= 11 is 3.22. The SMILES string of the molecule is Cn1c(C(F)(F)F)c(CCC(=O)O)c2ccc(Br)cc21. The van der Waals surface area contributed by atoms with Crippen molar-refractivity contribution in [1.29, 1.82) is 0 Å². The van der Waals surface area contributed by atoms with Crippen LogP contribution in [0.3, 0.4) is 0 Å². The summed E-state index contributed by atoms with van der Waals surface area (Å²) in [6, 6.07) is 4.81. The largest absolute Gasteiger partial charge is 0.481 e. The molecule has 0 radical (unpaired) electrons. The fourth-order valence-corrected chi connectivity index (χ4v) is 2.68. The number of carboxylic acid groups (broad SMARTS) is 1. The van der Waals surface area contributed by atoms with Gasteiger partial charge in [0.25, 0.3) is 0 Å². The molecule has 0 atom stereocenters. The van der Waals surface area contributed by atoms with Gasteiger partial charge in [-0.2, -0.15) is 13.2 Å². The molecule has 7 heteroatoms. The Bertz CT molecular complexity index is 676. The Hall–Kier alpha value is -1.50. The molecule has 2 aromatic rings. The third kappa shape index (κ3) is 2.67. The normalized spacial score (nSPS) is 12.1. The van der Waals surface area contributed by atoms with E-state index >= 15 is 0 Å². The lowest BCUT2D eigenvalue weighted by molar-refractivity contribution is -0.144. The highest BCUT2D eigenvalue weighted by molar-refractivity contribution is 9.10. The van der Waals surface area contributed by atoms with Gasteiger partial charge in [-0.25, -0.2) is 0 Å². The maximum atomic E-state index is 13.2. The number of rotatable bonds is 3. The van der Waals surface area contributed by atoms with E-state index in [-0.39, 0.29) is 18.4 Å². The number of aromatic nitrogens is 1. The van der Waals surface area contributed by atoms with E-state index in [1.165, 1.54) is 7.05 Å². The molecular weight excluding hydrogens is 339 g/mol. The Labute approximate surface area is 121 Å². The quantitative estimate of drug-likeness (QED) is 0.910. The van der Waals surface area contributed by atoms with E-state index < -0.39 is 17.8 Å². The fourth-order valence-electron chi connectivity index (χ4n) is 2.33. The second-order valence-electron chi connectivity index (χ2n) is 4.44. The molecule has 0 spiro atoms. The smallest absolute Gasteiger partial charge is 0.431 e. The molecule has 0 aliphatic carbocycles. The van der Waals surface area contributed by atoms with Gasteiger partial charge >= 0.3 is 12.1 Å². The molecule has 2 rings (SSSR count). The average molecular weight is 350 g/mol. The van der Waals surface area contributed by atoms with E-state index in [2.05, 4.69) is 15.9 Å². The maximum Gasteiger partial charge on any atom is 0.431 e. The van der Waals surface area contributed by atoms with Gasteiger partial charge in [0.05, 0.1) is 0 Å². The number of benzene rings is 1. The second-order valence-corrected chi connectivity index (χ2v) is 5.35. The van der Waals surface area contributed by atoms with Crippen molar-refractivity contribution in [1.82, 2.24) is 4.57 Å². The molecule has 0 fully saturated rings. The predicted octanol–water partition coefficient (Wildman–Crippen LogP) is 3.98. The Morgan fingerprint density at radius 2 is 2.05 bits per heavy atom. The third-order valence-electron chi connectivity index (χ3n) is 3.12. The molecule has 0 saturated carbocycles. The van der Waals surface area contributed by atoms with E-state index in [0.717, 1.165) is 4.57 Å². The van der Waals surface area contributed by atoms with Crippen molar-refractivity contribution in [3.63, 3.8) is 0 Å². The Morgan fingerprint density at radius 3 is 2.60 bits per heavy atom. The van der Waals surface area contributed by atoms with Crippen molar-refractivity contribution in [3.05, 3.63) is 33.9 Å². The molecule has 0 aliphatic heterocycles. The monoisotopic (exact) mass is 349 g/mol. The highest BCUT2D eigenvalue weighted by Crippen LogP contribution is 2.38. The van der Waals surface area contributed by atoms with Gasteiger partial charge in [0.2, 0.25) is 0 Å². The molecule has 0 amide bonds. The van der Waals surface area contributed by atoms with Crippen LogP contribution in [-0.2, 0) is 24.4 Å². The lowest BCUT2D eigenvalue weighted by Gasteiger charge is -2.11. The average Bonchev–Trinajstić information content (AvgIpc) is 2.59. The lowest BCUT2D eigenvalue weighted by Crippen LogP contribution is -2.14. The summed E-state index contributed by atoms with van der Waals surface area (Å²) in [6.07, 6.45) is -5.00. The maximum absolute atomic E-state index is 13.2. The van der Waals surface area contributed by atoms with Crippen molar-refractivity contribution in [2.24, 2.45) is 7.05 Å². The Morgan fingerprint density at radius 1 is 1.40 bits per heavy atom. The van der Waals surface area contributed by atoms with E-state index in [1.807, 2.05) is 0 Å². The van der Waals surface area contributed by atoms with Crippen LogP contribution in [0.1, 0.15) is 17.7 Å². The molecule has 1 N–H and O–H groups in total. The molecule has 3 nitrogen and oxygen atoms in total. The minimum absolute atomic E-state index is 0.0323. The molecule has 0 saturated heterocycles. The zero-order valence-electron chi connectivity index (χ0n) is 10.5. The first kappa shape index (κ1) is 14.9. The highest BCUT2D eigenvalue weighted by Gasteiger charge is 2.38. The minimum atomic E-state index is -4.52. The summed E-state index contributed by atoms with van der Waals surface area (Å²) in [5.74, 6) is -1.12. The van der Waals surface area contributed by atoms with Crippen molar-refractivity contribution < 1.29 is 23.1 Å². The number of hydrogen-bond acceptors (Lipinski definition) is 1. The van der Waals surface area contributed by atoms with Gasteiger partial charge in [-0.1, -0.05) is 22.0 Å². The van der Waals surface area contributed by atoms with Crippen LogP contribution in [0.4, 0.5) is 13.2 Å². The van der Waals surface area contributed by atoms with Crippen LogP contribution in [0.2, 0.25) is 0 Å². The van der Waals surface area contributed by atoms with Crippen molar-refractivity contribution in [2.45, 2.75) is 19.0 Å².